The molecule has 32 heavy (non-hydrogen) atoms. The molecule has 0 spiro atoms. The number of likely N-dealkylation sites (tertiary alicyclic amines) is 2. The van der Waals surface area contributed by atoms with E-state index in [2.05, 4.69) is 15.2 Å². The van der Waals surface area contributed by atoms with Crippen molar-refractivity contribution >= 4 is 34.5 Å². The summed E-state index contributed by atoms with van der Waals surface area (Å²) in [5.74, 6) is 0.813. The van der Waals surface area contributed by atoms with E-state index in [0.717, 1.165) is 82.9 Å². The Balaban J connectivity index is 1.26. The topological polar surface area (TPSA) is 83.4 Å². The van der Waals surface area contributed by atoms with Crippen molar-refractivity contribution in [1.29, 1.82) is 0 Å². The Morgan fingerprint density at radius 1 is 1.06 bits per heavy atom. The molecule has 1 aliphatic carbocycles. The van der Waals surface area contributed by atoms with E-state index in [1.165, 1.54) is 0 Å². The second-order valence-electron chi connectivity index (χ2n) is 9.36. The first kappa shape index (κ1) is 21.6. The average molecular weight is 459 g/mol. The van der Waals surface area contributed by atoms with E-state index in [4.69, 9.17) is 16.6 Å². The Labute approximate surface area is 192 Å². The maximum absolute atomic E-state index is 12.8. The Bertz CT molecular complexity index is 1040. The summed E-state index contributed by atoms with van der Waals surface area (Å²) in [7, 11) is 0. The number of hydrogen-bond donors (Lipinski definition) is 1. The largest absolute Gasteiger partial charge is 0.351 e. The number of halogens is 1. The fourth-order valence-electron chi connectivity index (χ4n) is 5.33. The third kappa shape index (κ3) is 4.48. The van der Waals surface area contributed by atoms with Crippen molar-refractivity contribution in [3.05, 3.63) is 27.6 Å². The lowest BCUT2D eigenvalue weighted by Crippen LogP contribution is -2.45. The summed E-state index contributed by atoms with van der Waals surface area (Å²) >= 11 is 6.22. The quantitative estimate of drug-likeness (QED) is 0.741. The summed E-state index contributed by atoms with van der Waals surface area (Å²) in [5.41, 5.74) is 0.504. The second kappa shape index (κ2) is 9.35. The minimum atomic E-state index is -0.160. The monoisotopic (exact) mass is 458 g/mol. The normalized spacial score (nSPS) is 21.0. The molecule has 0 radical (unpaired) electrons. The van der Waals surface area contributed by atoms with Crippen LogP contribution in [0.15, 0.2) is 17.1 Å². The van der Waals surface area contributed by atoms with Crippen LogP contribution in [0.25, 0.3) is 11.0 Å². The fourth-order valence-corrected chi connectivity index (χ4v) is 5.54. The van der Waals surface area contributed by atoms with E-state index in [-0.39, 0.29) is 28.6 Å². The van der Waals surface area contributed by atoms with Crippen LogP contribution in [0.1, 0.15) is 57.4 Å². The van der Waals surface area contributed by atoms with Crippen LogP contribution >= 0.6 is 11.6 Å². The summed E-state index contributed by atoms with van der Waals surface area (Å²) in [5, 5.41) is 4.48. The molecule has 1 saturated carbocycles. The zero-order chi connectivity index (χ0) is 22.1. The number of rotatable bonds is 5. The Morgan fingerprint density at radius 3 is 2.50 bits per heavy atom. The SMILES string of the molecule is O=C(CN1CCC(Nc2ncc3cc(Cl)c(=O)n(C4CCCC4)c3n2)CC1)N1CCCC1. The van der Waals surface area contributed by atoms with Gasteiger partial charge in [-0.1, -0.05) is 24.4 Å². The van der Waals surface area contributed by atoms with Crippen LogP contribution in [0.3, 0.4) is 0 Å². The molecule has 3 aliphatic rings. The molecule has 2 saturated heterocycles. The van der Waals surface area contributed by atoms with Gasteiger partial charge in [0.1, 0.15) is 10.7 Å². The van der Waals surface area contributed by atoms with Gasteiger partial charge in [0.15, 0.2) is 0 Å². The first-order chi connectivity index (χ1) is 15.6. The fraction of sp³-hybridized carbons (Fsp3) is 0.652. The van der Waals surface area contributed by atoms with Crippen LogP contribution in [0, 0.1) is 0 Å². The molecule has 0 atom stereocenters. The number of fused-ring (bicyclic) bond motifs is 1. The molecule has 0 bridgehead atoms. The third-order valence-corrected chi connectivity index (χ3v) is 7.43. The van der Waals surface area contributed by atoms with Crippen molar-refractivity contribution in [3.8, 4) is 0 Å². The predicted molar refractivity (Wildman–Crippen MR) is 125 cm³/mol. The number of hydrogen-bond acceptors (Lipinski definition) is 6. The number of amides is 1. The number of nitrogens with one attached hydrogen (secondary N) is 1. The minimum absolute atomic E-state index is 0.155. The van der Waals surface area contributed by atoms with E-state index < -0.39 is 0 Å². The lowest BCUT2D eigenvalue weighted by atomic mass is 10.1. The maximum Gasteiger partial charge on any atom is 0.271 e. The van der Waals surface area contributed by atoms with Gasteiger partial charge in [-0.15, -0.1) is 0 Å². The standard InChI is InChI=1S/C23H31ClN6O2/c24-19-13-16-14-25-23(27-21(16)30(22(19)32)18-5-1-2-6-18)26-17-7-11-28(12-8-17)15-20(31)29-9-3-4-10-29/h13-14,17-18H,1-12,15H2,(H,25,26,27). The minimum Gasteiger partial charge on any atom is -0.351 e. The van der Waals surface area contributed by atoms with Gasteiger partial charge in [-0.2, -0.15) is 4.98 Å². The number of pyridine rings is 1. The molecular weight excluding hydrogens is 428 g/mol. The number of aromatic nitrogens is 3. The van der Waals surface area contributed by atoms with Gasteiger partial charge in [0, 0.05) is 49.8 Å². The van der Waals surface area contributed by atoms with E-state index in [1.807, 2.05) is 4.90 Å². The Kier molecular flexibility index (Phi) is 6.33. The maximum atomic E-state index is 12.8. The van der Waals surface area contributed by atoms with Crippen LogP contribution < -0.4 is 10.9 Å². The van der Waals surface area contributed by atoms with E-state index in [1.54, 1.807) is 16.8 Å². The molecule has 9 heteroatoms. The van der Waals surface area contributed by atoms with Crippen LogP contribution in [0.4, 0.5) is 5.95 Å². The summed E-state index contributed by atoms with van der Waals surface area (Å²) in [6.07, 6.45) is 10.1. The van der Waals surface area contributed by atoms with Gasteiger partial charge in [0.05, 0.1) is 6.54 Å². The summed E-state index contributed by atoms with van der Waals surface area (Å²) in [6.45, 7) is 4.11. The molecule has 172 valence electrons. The highest BCUT2D eigenvalue weighted by Crippen LogP contribution is 2.31. The van der Waals surface area contributed by atoms with Crippen molar-refractivity contribution in [2.75, 3.05) is 38.0 Å². The van der Waals surface area contributed by atoms with Crippen molar-refractivity contribution in [3.63, 3.8) is 0 Å². The first-order valence-electron chi connectivity index (χ1n) is 11.9. The molecule has 2 aromatic rings. The highest BCUT2D eigenvalue weighted by Gasteiger charge is 2.26. The summed E-state index contributed by atoms with van der Waals surface area (Å²) < 4.78 is 1.78. The van der Waals surface area contributed by atoms with Gasteiger partial charge >= 0.3 is 0 Å². The molecule has 2 aliphatic heterocycles. The zero-order valence-electron chi connectivity index (χ0n) is 18.4. The predicted octanol–water partition coefficient (Wildman–Crippen LogP) is 3.06. The number of anilines is 1. The molecule has 0 unspecified atom stereocenters. The van der Waals surface area contributed by atoms with Crippen LogP contribution in [0.2, 0.25) is 5.02 Å². The zero-order valence-corrected chi connectivity index (χ0v) is 19.2. The number of carbonyl (C=O) groups is 1. The van der Waals surface area contributed by atoms with Gasteiger partial charge in [-0.3, -0.25) is 19.1 Å². The second-order valence-corrected chi connectivity index (χ2v) is 9.77. The van der Waals surface area contributed by atoms with Gasteiger partial charge in [0.2, 0.25) is 11.9 Å². The lowest BCUT2D eigenvalue weighted by Gasteiger charge is -2.32. The molecule has 4 heterocycles. The van der Waals surface area contributed by atoms with Crippen LogP contribution in [-0.4, -0.2) is 69.0 Å². The van der Waals surface area contributed by atoms with Crippen LogP contribution in [0.5, 0.6) is 0 Å². The third-order valence-electron chi connectivity index (χ3n) is 7.16. The van der Waals surface area contributed by atoms with Gasteiger partial charge in [-0.05, 0) is 44.6 Å². The van der Waals surface area contributed by atoms with Crippen molar-refractivity contribution in [1.82, 2.24) is 24.3 Å². The van der Waals surface area contributed by atoms with Gasteiger partial charge in [-0.25, -0.2) is 4.98 Å². The number of piperidine rings is 1. The molecule has 0 aromatic carbocycles. The molecule has 1 N–H and O–H groups in total. The van der Waals surface area contributed by atoms with Crippen molar-refractivity contribution < 1.29 is 4.79 Å². The summed E-state index contributed by atoms with van der Waals surface area (Å²) in [6, 6.07) is 2.08. The molecule has 5 rings (SSSR count). The highest BCUT2D eigenvalue weighted by atomic mass is 35.5. The highest BCUT2D eigenvalue weighted by molar-refractivity contribution is 6.31. The van der Waals surface area contributed by atoms with Gasteiger partial charge in [0.25, 0.3) is 5.56 Å². The number of carbonyl (C=O) groups excluding carboxylic acids is 1. The Morgan fingerprint density at radius 2 is 1.78 bits per heavy atom. The molecule has 1 amide bonds. The Hall–Kier alpha value is -2.19. The van der Waals surface area contributed by atoms with E-state index in [9.17, 15) is 9.59 Å². The molecule has 2 aromatic heterocycles. The summed E-state index contributed by atoms with van der Waals surface area (Å²) in [4.78, 5) is 38.7. The molecule has 3 fully saturated rings. The molecule has 8 nitrogen and oxygen atoms in total. The molecular formula is C23H31ClN6O2. The lowest BCUT2D eigenvalue weighted by molar-refractivity contribution is -0.131. The average Bonchev–Trinajstić information content (AvgIpc) is 3.51. The van der Waals surface area contributed by atoms with Gasteiger partial charge < -0.3 is 10.2 Å². The smallest absolute Gasteiger partial charge is 0.271 e. The van der Waals surface area contributed by atoms with E-state index >= 15 is 0 Å². The van der Waals surface area contributed by atoms with Crippen LogP contribution in [-0.2, 0) is 4.79 Å². The van der Waals surface area contributed by atoms with Crippen molar-refractivity contribution in [2.45, 2.75) is 63.5 Å². The van der Waals surface area contributed by atoms with E-state index in [0.29, 0.717) is 18.1 Å². The van der Waals surface area contributed by atoms with Crippen molar-refractivity contribution in [2.24, 2.45) is 0 Å². The first-order valence-corrected chi connectivity index (χ1v) is 12.3. The number of nitrogens with zero attached hydrogens (tertiary/aromatic N) is 5.